The molecular weight excluding hydrogens is 400 g/mol. The minimum absolute atomic E-state index is 0.719. The van der Waals surface area contributed by atoms with Crippen molar-refractivity contribution in [3.05, 3.63) is 61.2 Å². The van der Waals surface area contributed by atoms with Gasteiger partial charge in [0.1, 0.15) is 5.82 Å². The van der Waals surface area contributed by atoms with E-state index in [4.69, 9.17) is 4.98 Å². The van der Waals surface area contributed by atoms with Gasteiger partial charge in [0, 0.05) is 75.8 Å². The monoisotopic (exact) mass is 428 g/mol. The highest BCUT2D eigenvalue weighted by Gasteiger charge is 2.16. The maximum atomic E-state index is 4.74. The van der Waals surface area contributed by atoms with Crippen molar-refractivity contribution < 1.29 is 0 Å². The van der Waals surface area contributed by atoms with Crippen molar-refractivity contribution in [2.24, 2.45) is 0 Å². The number of piperazine rings is 1. The fourth-order valence-corrected chi connectivity index (χ4v) is 3.98. The Kier molecular flexibility index (Phi) is 5.36. The van der Waals surface area contributed by atoms with E-state index in [1.54, 1.807) is 6.20 Å². The zero-order valence-electron chi connectivity index (χ0n) is 18.7. The first-order valence-corrected chi connectivity index (χ1v) is 10.8. The van der Waals surface area contributed by atoms with Gasteiger partial charge in [-0.05, 0) is 37.4 Å². The first-order valence-electron chi connectivity index (χ1n) is 10.8. The van der Waals surface area contributed by atoms with E-state index < -0.39 is 0 Å². The van der Waals surface area contributed by atoms with Gasteiger partial charge in [0.25, 0.3) is 0 Å². The zero-order chi connectivity index (χ0) is 22.1. The predicted octanol–water partition coefficient (Wildman–Crippen LogP) is 3.35. The van der Waals surface area contributed by atoms with Crippen molar-refractivity contribution in [1.82, 2.24) is 24.3 Å². The van der Waals surface area contributed by atoms with Crippen molar-refractivity contribution >= 4 is 28.7 Å². The van der Waals surface area contributed by atoms with Crippen LogP contribution in [-0.4, -0.2) is 71.6 Å². The molecule has 1 aromatic carbocycles. The summed E-state index contributed by atoms with van der Waals surface area (Å²) in [6.07, 6.45) is 7.55. The summed E-state index contributed by atoms with van der Waals surface area (Å²) in [6.45, 7) is 4.15. The van der Waals surface area contributed by atoms with Crippen LogP contribution in [0.3, 0.4) is 0 Å². The van der Waals surface area contributed by atoms with E-state index in [-0.39, 0.29) is 0 Å². The molecule has 0 saturated carbocycles. The summed E-state index contributed by atoms with van der Waals surface area (Å²) in [4.78, 5) is 20.7. The van der Waals surface area contributed by atoms with E-state index >= 15 is 0 Å². The number of nitrogens with zero attached hydrogens (tertiary/aromatic N) is 7. The number of benzene rings is 1. The number of aromatic nitrogens is 4. The highest BCUT2D eigenvalue weighted by atomic mass is 15.3. The fraction of sp³-hybridized carbons (Fsp3) is 0.292. The van der Waals surface area contributed by atoms with Gasteiger partial charge in [-0.25, -0.2) is 15.0 Å². The second-order valence-electron chi connectivity index (χ2n) is 8.38. The van der Waals surface area contributed by atoms with E-state index in [0.29, 0.717) is 0 Å². The third-order valence-electron chi connectivity index (χ3n) is 5.92. The molecule has 0 atom stereocenters. The SMILES string of the molecule is CN1CCN(c2ccc(-c3cnc4c(Nc5cccc(N(C)C)c5)nccn34)cn2)CC1. The topological polar surface area (TPSA) is 64.8 Å². The Hall–Kier alpha value is -3.65. The highest BCUT2D eigenvalue weighted by Crippen LogP contribution is 2.27. The number of rotatable bonds is 5. The molecule has 0 bridgehead atoms. The Morgan fingerprint density at radius 3 is 2.53 bits per heavy atom. The lowest BCUT2D eigenvalue weighted by atomic mass is 10.2. The lowest BCUT2D eigenvalue weighted by molar-refractivity contribution is 0.312. The summed E-state index contributed by atoms with van der Waals surface area (Å²) in [5.41, 5.74) is 4.89. The van der Waals surface area contributed by atoms with Gasteiger partial charge in [-0.2, -0.15) is 0 Å². The third kappa shape index (κ3) is 3.97. The molecule has 0 amide bonds. The van der Waals surface area contributed by atoms with Crippen LogP contribution in [0.4, 0.5) is 23.0 Å². The Morgan fingerprint density at radius 1 is 0.938 bits per heavy atom. The molecule has 0 spiro atoms. The van der Waals surface area contributed by atoms with Crippen LogP contribution in [0.5, 0.6) is 0 Å². The van der Waals surface area contributed by atoms with Crippen LogP contribution in [0.25, 0.3) is 16.9 Å². The summed E-state index contributed by atoms with van der Waals surface area (Å²) < 4.78 is 2.05. The van der Waals surface area contributed by atoms with E-state index in [9.17, 15) is 0 Å². The molecular formula is C24H28N8. The quantitative estimate of drug-likeness (QED) is 0.523. The number of nitrogens with one attached hydrogen (secondary N) is 1. The summed E-state index contributed by atoms with van der Waals surface area (Å²) in [5.74, 6) is 1.75. The maximum absolute atomic E-state index is 4.74. The molecule has 4 heterocycles. The Balaban J connectivity index is 1.41. The average Bonchev–Trinajstić information content (AvgIpc) is 3.25. The molecule has 5 rings (SSSR count). The molecule has 0 radical (unpaired) electrons. The van der Waals surface area contributed by atoms with E-state index in [2.05, 4.69) is 65.7 Å². The van der Waals surface area contributed by atoms with Crippen molar-refractivity contribution in [2.45, 2.75) is 0 Å². The standard InChI is InChI=1S/C24H28N8/c1-29(2)20-6-4-5-19(15-20)28-23-24-27-17-21(32(24)10-9-25-23)18-7-8-22(26-16-18)31-13-11-30(3)12-14-31/h4-10,15-17H,11-14H2,1-3H3,(H,25,28). The van der Waals surface area contributed by atoms with Gasteiger partial charge in [0.15, 0.2) is 11.5 Å². The first-order chi connectivity index (χ1) is 15.6. The van der Waals surface area contributed by atoms with Crippen molar-refractivity contribution in [1.29, 1.82) is 0 Å². The van der Waals surface area contributed by atoms with Crippen LogP contribution < -0.4 is 15.1 Å². The lowest BCUT2D eigenvalue weighted by Crippen LogP contribution is -2.44. The second-order valence-corrected chi connectivity index (χ2v) is 8.38. The van der Waals surface area contributed by atoms with Gasteiger partial charge in [-0.3, -0.25) is 4.40 Å². The molecule has 1 aliphatic rings. The van der Waals surface area contributed by atoms with E-state index in [0.717, 1.165) is 66.1 Å². The summed E-state index contributed by atoms with van der Waals surface area (Å²) in [6, 6.07) is 12.5. The zero-order valence-corrected chi connectivity index (χ0v) is 18.7. The van der Waals surface area contributed by atoms with Crippen LogP contribution in [0.2, 0.25) is 0 Å². The van der Waals surface area contributed by atoms with Crippen LogP contribution in [0, 0.1) is 0 Å². The van der Waals surface area contributed by atoms with Gasteiger partial charge in [-0.1, -0.05) is 6.07 Å². The number of hydrogen-bond donors (Lipinski definition) is 1. The summed E-state index contributed by atoms with van der Waals surface area (Å²) in [7, 11) is 6.22. The molecule has 1 N–H and O–H groups in total. The number of anilines is 4. The van der Waals surface area contributed by atoms with Gasteiger partial charge < -0.3 is 20.0 Å². The molecule has 32 heavy (non-hydrogen) atoms. The van der Waals surface area contributed by atoms with Gasteiger partial charge in [0.2, 0.25) is 0 Å². The van der Waals surface area contributed by atoms with E-state index in [1.165, 1.54) is 0 Å². The number of imidazole rings is 1. The van der Waals surface area contributed by atoms with Gasteiger partial charge in [-0.15, -0.1) is 0 Å². The van der Waals surface area contributed by atoms with Crippen molar-refractivity contribution in [2.75, 3.05) is 62.4 Å². The van der Waals surface area contributed by atoms with Crippen LogP contribution in [0.1, 0.15) is 0 Å². The fourth-order valence-electron chi connectivity index (χ4n) is 3.98. The highest BCUT2D eigenvalue weighted by molar-refractivity contribution is 5.75. The van der Waals surface area contributed by atoms with Gasteiger partial charge in [0.05, 0.1) is 11.9 Å². The minimum Gasteiger partial charge on any atom is -0.378 e. The Bertz CT molecular complexity index is 1210. The number of likely N-dealkylation sites (N-methyl/N-ethyl adjacent to an activating group) is 1. The lowest BCUT2D eigenvalue weighted by Gasteiger charge is -2.33. The molecule has 1 fully saturated rings. The predicted molar refractivity (Wildman–Crippen MR) is 130 cm³/mol. The minimum atomic E-state index is 0.719. The average molecular weight is 429 g/mol. The van der Waals surface area contributed by atoms with Crippen LogP contribution in [-0.2, 0) is 0 Å². The molecule has 3 aromatic heterocycles. The largest absolute Gasteiger partial charge is 0.378 e. The second kappa shape index (κ2) is 8.47. The Labute approximate surface area is 188 Å². The molecule has 164 valence electrons. The molecule has 0 unspecified atom stereocenters. The van der Waals surface area contributed by atoms with Crippen LogP contribution >= 0.6 is 0 Å². The number of hydrogen-bond acceptors (Lipinski definition) is 7. The first kappa shape index (κ1) is 20.3. The number of fused-ring (bicyclic) bond motifs is 1. The van der Waals surface area contributed by atoms with Crippen LogP contribution in [0.15, 0.2) is 61.2 Å². The van der Waals surface area contributed by atoms with Crippen molar-refractivity contribution in [3.63, 3.8) is 0 Å². The van der Waals surface area contributed by atoms with E-state index in [1.807, 2.05) is 44.8 Å². The molecule has 8 heteroatoms. The summed E-state index contributed by atoms with van der Waals surface area (Å²) >= 11 is 0. The molecule has 1 aliphatic heterocycles. The normalized spacial score (nSPS) is 14.7. The van der Waals surface area contributed by atoms with Crippen molar-refractivity contribution in [3.8, 4) is 11.3 Å². The number of pyridine rings is 1. The molecule has 1 saturated heterocycles. The molecule has 0 aliphatic carbocycles. The maximum Gasteiger partial charge on any atom is 0.180 e. The smallest absolute Gasteiger partial charge is 0.180 e. The molecule has 4 aromatic rings. The summed E-state index contributed by atoms with van der Waals surface area (Å²) in [5, 5.41) is 3.42. The van der Waals surface area contributed by atoms with Gasteiger partial charge >= 0.3 is 0 Å². The Morgan fingerprint density at radius 2 is 1.78 bits per heavy atom. The molecule has 8 nitrogen and oxygen atoms in total. The third-order valence-corrected chi connectivity index (χ3v) is 5.92.